The zero-order valence-electron chi connectivity index (χ0n) is 9.62. The van der Waals surface area contributed by atoms with Crippen LogP contribution < -0.4 is 11.1 Å². The highest BCUT2D eigenvalue weighted by atomic mass is 16.3. The fraction of sp³-hybridized carbons (Fsp3) is 0.909. The minimum atomic E-state index is -0.775. The molecule has 1 fully saturated rings. The second kappa shape index (κ2) is 4.94. The molecule has 4 nitrogen and oxygen atoms in total. The lowest BCUT2D eigenvalue weighted by molar-refractivity contribution is -0.127. The Morgan fingerprint density at radius 2 is 2.07 bits per heavy atom. The zero-order valence-corrected chi connectivity index (χ0v) is 9.62. The molecule has 0 aromatic carbocycles. The number of rotatable bonds is 6. The van der Waals surface area contributed by atoms with E-state index in [2.05, 4.69) is 5.32 Å². The number of carbonyl (C=O) groups is 1. The Morgan fingerprint density at radius 3 is 2.47 bits per heavy atom. The summed E-state index contributed by atoms with van der Waals surface area (Å²) in [6.07, 6.45) is 2.99. The average Bonchev–Trinajstić information content (AvgIpc) is 3.07. The lowest BCUT2D eigenvalue weighted by Gasteiger charge is -2.25. The molecule has 4 N–H and O–H groups in total. The summed E-state index contributed by atoms with van der Waals surface area (Å²) in [4.78, 5) is 11.7. The third-order valence-electron chi connectivity index (χ3n) is 3.35. The lowest BCUT2D eigenvalue weighted by Crippen LogP contribution is -2.54. The maximum atomic E-state index is 11.7. The highest BCUT2D eigenvalue weighted by Crippen LogP contribution is 2.32. The van der Waals surface area contributed by atoms with Crippen molar-refractivity contribution in [1.29, 1.82) is 0 Å². The summed E-state index contributed by atoms with van der Waals surface area (Å²) >= 11 is 0. The van der Waals surface area contributed by atoms with Gasteiger partial charge in [-0.1, -0.05) is 13.8 Å². The van der Waals surface area contributed by atoms with E-state index in [0.29, 0.717) is 25.3 Å². The van der Waals surface area contributed by atoms with Crippen LogP contribution in [-0.2, 0) is 4.79 Å². The van der Waals surface area contributed by atoms with Crippen molar-refractivity contribution in [1.82, 2.24) is 5.32 Å². The van der Waals surface area contributed by atoms with Gasteiger partial charge in [-0.05, 0) is 31.6 Å². The standard InChI is InChI=1S/C11H22N2O2/c1-3-11(12,4-2)10(15)13-7-9(14)8-5-6-8/h8-9,14H,3-7,12H2,1-2H3,(H,13,15). The molecule has 15 heavy (non-hydrogen) atoms. The van der Waals surface area contributed by atoms with Crippen LogP contribution in [-0.4, -0.2) is 29.2 Å². The van der Waals surface area contributed by atoms with E-state index in [1.165, 1.54) is 0 Å². The summed E-state index contributed by atoms with van der Waals surface area (Å²) < 4.78 is 0. The molecule has 1 aliphatic rings. The summed E-state index contributed by atoms with van der Waals surface area (Å²) in [5.74, 6) is 0.243. The third kappa shape index (κ3) is 3.18. The van der Waals surface area contributed by atoms with Gasteiger partial charge in [-0.3, -0.25) is 4.79 Å². The van der Waals surface area contributed by atoms with Crippen LogP contribution in [0.2, 0.25) is 0 Å². The molecule has 0 saturated heterocycles. The van der Waals surface area contributed by atoms with Crippen LogP contribution in [0.1, 0.15) is 39.5 Å². The minimum Gasteiger partial charge on any atom is -0.391 e. The van der Waals surface area contributed by atoms with Gasteiger partial charge in [-0.2, -0.15) is 0 Å². The Labute approximate surface area is 91.2 Å². The van der Waals surface area contributed by atoms with Crippen molar-refractivity contribution in [3.63, 3.8) is 0 Å². The SMILES string of the molecule is CCC(N)(CC)C(=O)NCC(O)C1CC1. The van der Waals surface area contributed by atoms with Crippen molar-refractivity contribution in [3.8, 4) is 0 Å². The molecule has 4 heteroatoms. The fourth-order valence-electron chi connectivity index (χ4n) is 1.59. The molecule has 0 aromatic rings. The molecule has 1 atom stereocenters. The van der Waals surface area contributed by atoms with Gasteiger partial charge in [-0.25, -0.2) is 0 Å². The molecule has 0 aromatic heterocycles. The summed E-state index contributed by atoms with van der Waals surface area (Å²) in [5, 5.41) is 12.3. The van der Waals surface area contributed by atoms with Gasteiger partial charge >= 0.3 is 0 Å². The highest BCUT2D eigenvalue weighted by molar-refractivity contribution is 5.85. The van der Waals surface area contributed by atoms with E-state index in [1.807, 2.05) is 13.8 Å². The van der Waals surface area contributed by atoms with Crippen LogP contribution in [0.3, 0.4) is 0 Å². The number of nitrogens with one attached hydrogen (secondary N) is 1. The quantitative estimate of drug-likeness (QED) is 0.599. The molecular formula is C11H22N2O2. The number of hydrogen-bond donors (Lipinski definition) is 3. The first-order valence-corrected chi connectivity index (χ1v) is 5.78. The smallest absolute Gasteiger partial charge is 0.240 e. The van der Waals surface area contributed by atoms with E-state index < -0.39 is 11.6 Å². The Balaban J connectivity index is 2.33. The van der Waals surface area contributed by atoms with Gasteiger partial charge in [0.05, 0.1) is 11.6 Å². The highest BCUT2D eigenvalue weighted by Gasteiger charge is 2.33. The van der Waals surface area contributed by atoms with Crippen molar-refractivity contribution in [2.75, 3.05) is 6.54 Å². The van der Waals surface area contributed by atoms with Gasteiger partial charge in [0.1, 0.15) is 0 Å². The van der Waals surface area contributed by atoms with Crippen molar-refractivity contribution in [2.24, 2.45) is 11.7 Å². The molecule has 1 amide bonds. The molecule has 0 heterocycles. The molecule has 0 aliphatic heterocycles. The second-order valence-electron chi connectivity index (χ2n) is 4.48. The second-order valence-corrected chi connectivity index (χ2v) is 4.48. The van der Waals surface area contributed by atoms with E-state index in [-0.39, 0.29) is 5.91 Å². The summed E-state index contributed by atoms with van der Waals surface area (Å²) in [6.45, 7) is 4.14. The number of amides is 1. The molecule has 0 bridgehead atoms. The van der Waals surface area contributed by atoms with E-state index in [4.69, 9.17) is 5.73 Å². The Hall–Kier alpha value is -0.610. The van der Waals surface area contributed by atoms with Crippen molar-refractivity contribution in [3.05, 3.63) is 0 Å². The maximum Gasteiger partial charge on any atom is 0.240 e. The van der Waals surface area contributed by atoms with Crippen LogP contribution in [0.25, 0.3) is 0 Å². The van der Waals surface area contributed by atoms with Gasteiger partial charge in [0, 0.05) is 6.54 Å². The Morgan fingerprint density at radius 1 is 1.53 bits per heavy atom. The van der Waals surface area contributed by atoms with Crippen LogP contribution in [0.5, 0.6) is 0 Å². The van der Waals surface area contributed by atoms with Crippen molar-refractivity contribution < 1.29 is 9.90 Å². The van der Waals surface area contributed by atoms with Crippen LogP contribution in [0.15, 0.2) is 0 Å². The van der Waals surface area contributed by atoms with Gasteiger partial charge in [-0.15, -0.1) is 0 Å². The van der Waals surface area contributed by atoms with Gasteiger partial charge in [0.15, 0.2) is 0 Å². The number of carbonyl (C=O) groups excluding carboxylic acids is 1. The first-order valence-electron chi connectivity index (χ1n) is 5.78. The summed E-state index contributed by atoms with van der Waals surface area (Å²) in [5.41, 5.74) is 5.15. The van der Waals surface area contributed by atoms with Gasteiger partial charge in [0.2, 0.25) is 5.91 Å². The molecule has 0 radical (unpaired) electrons. The third-order valence-corrected chi connectivity index (χ3v) is 3.35. The number of hydrogen-bond acceptors (Lipinski definition) is 3. The Bertz CT molecular complexity index is 223. The summed E-state index contributed by atoms with van der Waals surface area (Å²) in [7, 11) is 0. The van der Waals surface area contributed by atoms with E-state index >= 15 is 0 Å². The van der Waals surface area contributed by atoms with Crippen LogP contribution >= 0.6 is 0 Å². The molecular weight excluding hydrogens is 192 g/mol. The predicted molar refractivity (Wildman–Crippen MR) is 59.2 cm³/mol. The topological polar surface area (TPSA) is 75.4 Å². The van der Waals surface area contributed by atoms with Crippen LogP contribution in [0.4, 0.5) is 0 Å². The number of aliphatic hydroxyl groups is 1. The van der Waals surface area contributed by atoms with Crippen LogP contribution in [0, 0.1) is 5.92 Å². The normalized spacial score (nSPS) is 18.7. The number of aliphatic hydroxyl groups excluding tert-OH is 1. The molecule has 1 unspecified atom stereocenters. The van der Waals surface area contributed by atoms with Gasteiger partial charge in [0.25, 0.3) is 0 Å². The minimum absolute atomic E-state index is 0.146. The van der Waals surface area contributed by atoms with Gasteiger partial charge < -0.3 is 16.2 Å². The molecule has 1 saturated carbocycles. The first kappa shape index (κ1) is 12.5. The molecule has 0 spiro atoms. The van der Waals surface area contributed by atoms with E-state index in [0.717, 1.165) is 12.8 Å². The molecule has 1 aliphatic carbocycles. The zero-order chi connectivity index (χ0) is 11.5. The van der Waals surface area contributed by atoms with Crippen molar-refractivity contribution in [2.45, 2.75) is 51.2 Å². The molecule has 1 rings (SSSR count). The Kier molecular flexibility index (Phi) is 4.11. The average molecular weight is 214 g/mol. The largest absolute Gasteiger partial charge is 0.391 e. The van der Waals surface area contributed by atoms with E-state index in [9.17, 15) is 9.90 Å². The summed E-state index contributed by atoms with van der Waals surface area (Å²) in [6, 6.07) is 0. The fourth-order valence-corrected chi connectivity index (χ4v) is 1.59. The monoisotopic (exact) mass is 214 g/mol. The van der Waals surface area contributed by atoms with Crippen molar-refractivity contribution >= 4 is 5.91 Å². The maximum absolute atomic E-state index is 11.7. The lowest BCUT2D eigenvalue weighted by atomic mass is 9.93. The number of nitrogens with two attached hydrogens (primary N) is 1. The molecule has 88 valence electrons. The first-order chi connectivity index (χ1) is 7.03. The van der Waals surface area contributed by atoms with E-state index in [1.54, 1.807) is 0 Å². The predicted octanol–water partition coefficient (Wildman–Crippen LogP) is 0.391.